The quantitative estimate of drug-likeness (QED) is 0.742. The second-order valence-electron chi connectivity index (χ2n) is 4.36. The smallest absolute Gasteiger partial charge is 0.391 e. The fraction of sp³-hybridized carbons (Fsp3) is 1.00. The van der Waals surface area contributed by atoms with Gasteiger partial charge in [0.25, 0.3) is 0 Å². The van der Waals surface area contributed by atoms with Gasteiger partial charge in [0.15, 0.2) is 0 Å². The summed E-state index contributed by atoms with van der Waals surface area (Å²) >= 11 is 0. The average molecular weight is 210 g/mol. The summed E-state index contributed by atoms with van der Waals surface area (Å²) in [7, 11) is 0. The molecule has 1 nitrogen and oxygen atoms in total. The Morgan fingerprint density at radius 3 is 2.50 bits per heavy atom. The Kier molecular flexibility index (Phi) is 3.81. The summed E-state index contributed by atoms with van der Waals surface area (Å²) < 4.78 is 37.2. The molecule has 4 heteroatoms. The highest BCUT2D eigenvalue weighted by Gasteiger charge is 2.42. The summed E-state index contributed by atoms with van der Waals surface area (Å²) in [6.45, 7) is 1.64. The summed E-state index contributed by atoms with van der Waals surface area (Å²) in [5, 5.41) is 9.11. The number of aliphatic hydroxyl groups excluding tert-OH is 1. The van der Waals surface area contributed by atoms with Gasteiger partial charge >= 0.3 is 6.18 Å². The first kappa shape index (κ1) is 11.8. The van der Waals surface area contributed by atoms with Crippen molar-refractivity contribution in [2.45, 2.75) is 51.3 Å². The van der Waals surface area contributed by atoms with Crippen LogP contribution in [-0.2, 0) is 0 Å². The fourth-order valence-corrected chi connectivity index (χ4v) is 2.28. The minimum Gasteiger partial charge on any atom is -0.393 e. The van der Waals surface area contributed by atoms with Crippen molar-refractivity contribution in [3.63, 3.8) is 0 Å². The number of hydrogen-bond acceptors (Lipinski definition) is 1. The molecule has 0 aromatic carbocycles. The van der Waals surface area contributed by atoms with Gasteiger partial charge in [0.1, 0.15) is 0 Å². The molecule has 1 rings (SSSR count). The lowest BCUT2D eigenvalue weighted by Gasteiger charge is -2.31. The van der Waals surface area contributed by atoms with E-state index in [-0.39, 0.29) is 18.8 Å². The van der Waals surface area contributed by atoms with Crippen LogP contribution in [0.4, 0.5) is 13.2 Å². The molecular weight excluding hydrogens is 193 g/mol. The third-order valence-electron chi connectivity index (χ3n) is 2.92. The van der Waals surface area contributed by atoms with Gasteiger partial charge < -0.3 is 5.11 Å². The van der Waals surface area contributed by atoms with Gasteiger partial charge in [0.05, 0.1) is 12.0 Å². The Morgan fingerprint density at radius 2 is 2.00 bits per heavy atom. The number of alkyl halides is 3. The van der Waals surface area contributed by atoms with Crippen LogP contribution in [0.3, 0.4) is 0 Å². The zero-order chi connectivity index (χ0) is 10.8. The van der Waals surface area contributed by atoms with Crippen LogP contribution >= 0.6 is 0 Å². The normalized spacial score (nSPS) is 31.5. The van der Waals surface area contributed by atoms with Crippen LogP contribution in [0.15, 0.2) is 0 Å². The largest absolute Gasteiger partial charge is 0.393 e. The molecule has 0 spiro atoms. The minimum atomic E-state index is -4.04. The van der Waals surface area contributed by atoms with Crippen molar-refractivity contribution in [2.75, 3.05) is 0 Å². The summed E-state index contributed by atoms with van der Waals surface area (Å²) in [5.74, 6) is -1.09. The van der Waals surface area contributed by atoms with Crippen molar-refractivity contribution in [2.24, 2.45) is 11.8 Å². The van der Waals surface area contributed by atoms with E-state index in [1.54, 1.807) is 6.92 Å². The lowest BCUT2D eigenvalue weighted by atomic mass is 9.79. The molecule has 2 unspecified atom stereocenters. The van der Waals surface area contributed by atoms with E-state index in [2.05, 4.69) is 0 Å². The van der Waals surface area contributed by atoms with Gasteiger partial charge in [-0.05, 0) is 32.1 Å². The van der Waals surface area contributed by atoms with Crippen LogP contribution in [0.25, 0.3) is 0 Å². The van der Waals surface area contributed by atoms with Crippen molar-refractivity contribution in [3.05, 3.63) is 0 Å². The number of hydrogen-bond donors (Lipinski definition) is 1. The monoisotopic (exact) mass is 210 g/mol. The second-order valence-corrected chi connectivity index (χ2v) is 4.36. The van der Waals surface area contributed by atoms with Gasteiger partial charge in [0.2, 0.25) is 0 Å². The SMILES string of the molecule is C[C@H](O)CC1CCCC(C(F)(F)F)C1. The highest BCUT2D eigenvalue weighted by atomic mass is 19.4. The number of aliphatic hydroxyl groups is 1. The van der Waals surface area contributed by atoms with Crippen LogP contribution in [0.5, 0.6) is 0 Å². The topological polar surface area (TPSA) is 20.2 Å². The maximum atomic E-state index is 12.4. The molecule has 1 fully saturated rings. The summed E-state index contributed by atoms with van der Waals surface area (Å²) in [6.07, 6.45) is -2.08. The van der Waals surface area contributed by atoms with Gasteiger partial charge in [0, 0.05) is 0 Å². The van der Waals surface area contributed by atoms with Crippen molar-refractivity contribution < 1.29 is 18.3 Å². The molecule has 84 valence electrons. The molecule has 0 aromatic heterocycles. The third-order valence-corrected chi connectivity index (χ3v) is 2.92. The van der Waals surface area contributed by atoms with Crippen LogP contribution in [0.2, 0.25) is 0 Å². The Hall–Kier alpha value is -0.250. The van der Waals surface area contributed by atoms with Crippen molar-refractivity contribution in [1.82, 2.24) is 0 Å². The number of rotatable bonds is 2. The van der Waals surface area contributed by atoms with E-state index in [1.165, 1.54) is 0 Å². The lowest BCUT2D eigenvalue weighted by molar-refractivity contribution is -0.186. The van der Waals surface area contributed by atoms with Gasteiger partial charge in [-0.25, -0.2) is 0 Å². The van der Waals surface area contributed by atoms with Gasteiger partial charge in [-0.1, -0.05) is 12.8 Å². The van der Waals surface area contributed by atoms with E-state index < -0.39 is 18.2 Å². The molecule has 0 aromatic rings. The van der Waals surface area contributed by atoms with E-state index in [9.17, 15) is 13.2 Å². The maximum Gasteiger partial charge on any atom is 0.391 e. The molecule has 0 radical (unpaired) electrons. The van der Waals surface area contributed by atoms with Crippen LogP contribution < -0.4 is 0 Å². The fourth-order valence-electron chi connectivity index (χ4n) is 2.28. The zero-order valence-corrected chi connectivity index (χ0v) is 8.35. The van der Waals surface area contributed by atoms with Gasteiger partial charge in [-0.15, -0.1) is 0 Å². The molecule has 0 heterocycles. The van der Waals surface area contributed by atoms with E-state index in [0.29, 0.717) is 12.8 Å². The Balaban J connectivity index is 2.44. The van der Waals surface area contributed by atoms with E-state index in [0.717, 1.165) is 6.42 Å². The average Bonchev–Trinajstić information content (AvgIpc) is 2.01. The van der Waals surface area contributed by atoms with Crippen LogP contribution in [-0.4, -0.2) is 17.4 Å². The first-order valence-electron chi connectivity index (χ1n) is 5.14. The standard InChI is InChI=1S/C10H17F3O/c1-7(14)5-8-3-2-4-9(6-8)10(11,12)13/h7-9,14H,2-6H2,1H3/t7-,8?,9?/m0/s1. The van der Waals surface area contributed by atoms with Crippen molar-refractivity contribution >= 4 is 0 Å². The highest BCUT2D eigenvalue weighted by molar-refractivity contribution is 4.78. The molecule has 1 aliphatic rings. The summed E-state index contributed by atoms with van der Waals surface area (Å²) in [6, 6.07) is 0. The molecule has 0 bridgehead atoms. The zero-order valence-electron chi connectivity index (χ0n) is 8.35. The maximum absolute atomic E-state index is 12.4. The van der Waals surface area contributed by atoms with Crippen molar-refractivity contribution in [3.8, 4) is 0 Å². The summed E-state index contributed by atoms with van der Waals surface area (Å²) in [4.78, 5) is 0. The van der Waals surface area contributed by atoms with Crippen molar-refractivity contribution in [1.29, 1.82) is 0 Å². The molecule has 14 heavy (non-hydrogen) atoms. The Bertz CT molecular complexity index is 177. The molecule has 1 saturated carbocycles. The van der Waals surface area contributed by atoms with Crippen LogP contribution in [0, 0.1) is 11.8 Å². The first-order valence-corrected chi connectivity index (χ1v) is 5.14. The Morgan fingerprint density at radius 1 is 1.36 bits per heavy atom. The first-order chi connectivity index (χ1) is 6.39. The molecule has 0 saturated heterocycles. The molecular formula is C10H17F3O. The lowest BCUT2D eigenvalue weighted by Crippen LogP contribution is -2.29. The summed E-state index contributed by atoms with van der Waals surface area (Å²) in [5.41, 5.74) is 0. The second kappa shape index (κ2) is 4.51. The van der Waals surface area contributed by atoms with Gasteiger partial charge in [-0.3, -0.25) is 0 Å². The van der Waals surface area contributed by atoms with E-state index in [1.807, 2.05) is 0 Å². The van der Waals surface area contributed by atoms with E-state index in [4.69, 9.17) is 5.11 Å². The predicted molar refractivity (Wildman–Crippen MR) is 47.8 cm³/mol. The highest BCUT2D eigenvalue weighted by Crippen LogP contribution is 2.41. The van der Waals surface area contributed by atoms with Crippen LogP contribution in [0.1, 0.15) is 39.0 Å². The molecule has 0 aliphatic heterocycles. The number of halogens is 3. The minimum absolute atomic E-state index is 0.0513. The Labute approximate surface area is 82.3 Å². The third kappa shape index (κ3) is 3.48. The molecule has 1 N–H and O–H groups in total. The molecule has 1 aliphatic carbocycles. The van der Waals surface area contributed by atoms with Gasteiger partial charge in [-0.2, -0.15) is 13.2 Å². The predicted octanol–water partition coefficient (Wildman–Crippen LogP) is 3.13. The molecule has 0 amide bonds. The van der Waals surface area contributed by atoms with E-state index >= 15 is 0 Å². The molecule has 3 atom stereocenters.